The summed E-state index contributed by atoms with van der Waals surface area (Å²) < 4.78 is 18.1. The van der Waals surface area contributed by atoms with E-state index in [1.165, 1.54) is 20.1 Å². The van der Waals surface area contributed by atoms with Gasteiger partial charge in [-0.25, -0.2) is 4.39 Å². The van der Waals surface area contributed by atoms with E-state index in [0.717, 1.165) is 0 Å². The molecule has 1 N–H and O–H groups in total. The fourth-order valence-corrected chi connectivity index (χ4v) is 1.41. The van der Waals surface area contributed by atoms with Crippen molar-refractivity contribution >= 4 is 5.78 Å². The number of hydrogen-bond donors (Lipinski definition) is 1. The molecule has 1 aromatic rings. The summed E-state index contributed by atoms with van der Waals surface area (Å²) in [5.41, 5.74) is 0.960. The SMILES string of the molecule is COc1c(F)cc(CC(C)=O)c(C)c1O. The molecule has 0 aromatic heterocycles. The predicted octanol–water partition coefficient (Wildman–Crippen LogP) is 1.98. The molecule has 0 saturated heterocycles. The van der Waals surface area contributed by atoms with Crippen LogP contribution in [0.2, 0.25) is 0 Å². The summed E-state index contributed by atoms with van der Waals surface area (Å²) in [4.78, 5) is 10.9. The van der Waals surface area contributed by atoms with Gasteiger partial charge in [-0.1, -0.05) is 0 Å². The summed E-state index contributed by atoms with van der Waals surface area (Å²) in [7, 11) is 1.28. The Balaban J connectivity index is 3.27. The van der Waals surface area contributed by atoms with E-state index in [1.54, 1.807) is 6.92 Å². The van der Waals surface area contributed by atoms with Crippen molar-refractivity contribution in [2.45, 2.75) is 20.3 Å². The number of carbonyl (C=O) groups excluding carboxylic acids is 1. The van der Waals surface area contributed by atoms with E-state index >= 15 is 0 Å². The summed E-state index contributed by atoms with van der Waals surface area (Å²) in [6, 6.07) is 1.22. The second-order valence-electron chi connectivity index (χ2n) is 3.40. The van der Waals surface area contributed by atoms with Crippen LogP contribution in [0.4, 0.5) is 4.39 Å². The van der Waals surface area contributed by atoms with Crippen LogP contribution in [0.5, 0.6) is 11.5 Å². The molecule has 0 aliphatic carbocycles. The Morgan fingerprint density at radius 2 is 2.20 bits per heavy atom. The number of benzene rings is 1. The summed E-state index contributed by atoms with van der Waals surface area (Å²) in [5, 5.41) is 9.60. The van der Waals surface area contributed by atoms with Crippen LogP contribution in [-0.2, 0) is 11.2 Å². The molecule has 0 saturated carbocycles. The van der Waals surface area contributed by atoms with E-state index in [2.05, 4.69) is 0 Å². The maximum atomic E-state index is 13.3. The molecule has 1 rings (SSSR count). The number of phenols is 1. The van der Waals surface area contributed by atoms with Crippen LogP contribution in [-0.4, -0.2) is 18.0 Å². The Morgan fingerprint density at radius 3 is 2.67 bits per heavy atom. The number of hydrogen-bond acceptors (Lipinski definition) is 3. The van der Waals surface area contributed by atoms with Crippen molar-refractivity contribution in [3.63, 3.8) is 0 Å². The van der Waals surface area contributed by atoms with E-state index in [0.29, 0.717) is 11.1 Å². The Bertz CT molecular complexity index is 399. The third-order valence-corrected chi connectivity index (χ3v) is 2.21. The number of halogens is 1. The topological polar surface area (TPSA) is 46.5 Å². The highest BCUT2D eigenvalue weighted by Gasteiger charge is 2.16. The third-order valence-electron chi connectivity index (χ3n) is 2.21. The Hall–Kier alpha value is -1.58. The minimum absolute atomic E-state index is 0.0814. The summed E-state index contributed by atoms with van der Waals surface area (Å²) >= 11 is 0. The second kappa shape index (κ2) is 4.29. The normalized spacial score (nSPS) is 10.1. The molecule has 0 fully saturated rings. The Kier molecular flexibility index (Phi) is 3.29. The van der Waals surface area contributed by atoms with Gasteiger partial charge < -0.3 is 9.84 Å². The lowest BCUT2D eigenvalue weighted by atomic mass is 10.0. The average molecular weight is 212 g/mol. The molecule has 0 bridgehead atoms. The average Bonchev–Trinajstić information content (AvgIpc) is 2.14. The largest absolute Gasteiger partial charge is 0.504 e. The van der Waals surface area contributed by atoms with E-state index in [9.17, 15) is 14.3 Å². The van der Waals surface area contributed by atoms with Crippen molar-refractivity contribution in [3.8, 4) is 11.5 Å². The van der Waals surface area contributed by atoms with Crippen molar-refractivity contribution in [2.75, 3.05) is 7.11 Å². The highest BCUT2D eigenvalue weighted by atomic mass is 19.1. The van der Waals surface area contributed by atoms with Gasteiger partial charge in [0.15, 0.2) is 17.3 Å². The van der Waals surface area contributed by atoms with Crippen molar-refractivity contribution in [2.24, 2.45) is 0 Å². The molecule has 82 valence electrons. The lowest BCUT2D eigenvalue weighted by molar-refractivity contribution is -0.116. The van der Waals surface area contributed by atoms with Crippen LogP contribution in [0.25, 0.3) is 0 Å². The molecule has 0 unspecified atom stereocenters. The molecule has 0 heterocycles. The van der Waals surface area contributed by atoms with Crippen LogP contribution in [0.1, 0.15) is 18.1 Å². The minimum Gasteiger partial charge on any atom is -0.504 e. The number of methoxy groups -OCH3 is 1. The molecule has 0 aliphatic heterocycles. The smallest absolute Gasteiger partial charge is 0.196 e. The first-order valence-electron chi connectivity index (χ1n) is 4.51. The molecule has 4 heteroatoms. The Labute approximate surface area is 87.5 Å². The summed E-state index contributed by atoms with van der Waals surface area (Å²) in [6.45, 7) is 3.04. The van der Waals surface area contributed by atoms with Gasteiger partial charge in [-0.15, -0.1) is 0 Å². The number of rotatable bonds is 3. The van der Waals surface area contributed by atoms with E-state index in [1.807, 2.05) is 0 Å². The van der Waals surface area contributed by atoms with Gasteiger partial charge >= 0.3 is 0 Å². The van der Waals surface area contributed by atoms with Crippen molar-refractivity contribution in [1.29, 1.82) is 0 Å². The first-order chi connectivity index (χ1) is 6.97. The highest BCUT2D eigenvalue weighted by Crippen LogP contribution is 2.34. The van der Waals surface area contributed by atoms with Crippen LogP contribution < -0.4 is 4.74 Å². The molecule has 1 aromatic carbocycles. The highest BCUT2D eigenvalue weighted by molar-refractivity contribution is 5.79. The molecule has 0 atom stereocenters. The van der Waals surface area contributed by atoms with Crippen LogP contribution >= 0.6 is 0 Å². The number of carbonyl (C=O) groups is 1. The first-order valence-corrected chi connectivity index (χ1v) is 4.51. The molecule has 3 nitrogen and oxygen atoms in total. The fraction of sp³-hybridized carbons (Fsp3) is 0.364. The maximum Gasteiger partial charge on any atom is 0.196 e. The number of ether oxygens (including phenoxy) is 1. The summed E-state index contributed by atoms with van der Waals surface area (Å²) in [5.74, 6) is -1.16. The Morgan fingerprint density at radius 1 is 1.60 bits per heavy atom. The van der Waals surface area contributed by atoms with Gasteiger partial charge in [0.25, 0.3) is 0 Å². The van der Waals surface area contributed by atoms with Crippen LogP contribution in [0, 0.1) is 12.7 Å². The maximum absolute atomic E-state index is 13.3. The zero-order valence-corrected chi connectivity index (χ0v) is 8.93. The van der Waals surface area contributed by atoms with Gasteiger partial charge in [0, 0.05) is 6.42 Å². The monoisotopic (exact) mass is 212 g/mol. The zero-order valence-electron chi connectivity index (χ0n) is 8.93. The first kappa shape index (κ1) is 11.5. The van der Waals surface area contributed by atoms with Crippen LogP contribution in [0.3, 0.4) is 0 Å². The van der Waals surface area contributed by atoms with E-state index in [-0.39, 0.29) is 23.7 Å². The lowest BCUT2D eigenvalue weighted by Crippen LogP contribution is -2.01. The molecule has 0 aliphatic rings. The minimum atomic E-state index is -0.656. The molecule has 0 spiro atoms. The third kappa shape index (κ3) is 2.26. The van der Waals surface area contributed by atoms with Gasteiger partial charge in [-0.3, -0.25) is 4.79 Å². The second-order valence-corrected chi connectivity index (χ2v) is 3.40. The lowest BCUT2D eigenvalue weighted by Gasteiger charge is -2.11. The number of phenolic OH excluding ortho intramolecular Hbond substituents is 1. The quantitative estimate of drug-likeness (QED) is 0.833. The van der Waals surface area contributed by atoms with Crippen molar-refractivity contribution in [3.05, 3.63) is 23.0 Å². The standard InChI is InChI=1S/C11H13FO3/c1-6(13)4-8-5-9(12)11(15-3)10(14)7(8)2/h5,14H,4H2,1-3H3. The van der Waals surface area contributed by atoms with Gasteiger partial charge in [-0.2, -0.15) is 0 Å². The number of ketones is 1. The van der Waals surface area contributed by atoms with Gasteiger partial charge in [-0.05, 0) is 31.0 Å². The van der Waals surface area contributed by atoms with Crippen molar-refractivity contribution < 1.29 is 19.0 Å². The van der Waals surface area contributed by atoms with Gasteiger partial charge in [0.2, 0.25) is 0 Å². The van der Waals surface area contributed by atoms with E-state index < -0.39 is 5.82 Å². The molecule has 0 radical (unpaired) electrons. The number of Topliss-reactive ketones (excluding diaryl/α,β-unsaturated/α-hetero) is 1. The fourth-order valence-electron chi connectivity index (χ4n) is 1.41. The van der Waals surface area contributed by atoms with E-state index in [4.69, 9.17) is 4.74 Å². The van der Waals surface area contributed by atoms with Gasteiger partial charge in [0.1, 0.15) is 5.78 Å². The predicted molar refractivity (Wildman–Crippen MR) is 53.7 cm³/mol. The molecular weight excluding hydrogens is 199 g/mol. The number of aromatic hydroxyl groups is 1. The summed E-state index contributed by atoms with van der Waals surface area (Å²) in [6.07, 6.45) is 0.111. The molecule has 15 heavy (non-hydrogen) atoms. The van der Waals surface area contributed by atoms with Crippen molar-refractivity contribution in [1.82, 2.24) is 0 Å². The van der Waals surface area contributed by atoms with Crippen LogP contribution in [0.15, 0.2) is 6.07 Å². The zero-order chi connectivity index (χ0) is 11.6. The molecular formula is C11H13FO3. The molecule has 0 amide bonds. The van der Waals surface area contributed by atoms with Gasteiger partial charge in [0.05, 0.1) is 7.11 Å².